The molecule has 0 saturated heterocycles. The number of amides is 1. The van der Waals surface area contributed by atoms with Crippen molar-refractivity contribution in [2.45, 2.75) is 0 Å². The van der Waals surface area contributed by atoms with E-state index in [9.17, 15) is 14.2 Å². The number of para-hydroxylation sites is 12. The molecule has 0 aliphatic rings. The van der Waals surface area contributed by atoms with E-state index in [1.165, 1.54) is 76.4 Å². The second kappa shape index (κ2) is 44.0. The van der Waals surface area contributed by atoms with Crippen LogP contribution in [0.4, 0.5) is 17.1 Å². The number of hydrogen-bond donors (Lipinski definition) is 4. The number of rotatable bonds is 12. The number of nitrogens with one attached hydrogen (secondary N) is 1. The van der Waals surface area contributed by atoms with Gasteiger partial charge < -0.3 is 44.7 Å². The number of nitrogens with zero attached hydrogens (tertiary/aromatic N) is 5. The summed E-state index contributed by atoms with van der Waals surface area (Å²) in [5.74, 6) is 0.484. The van der Waals surface area contributed by atoms with E-state index in [0.717, 1.165) is 124 Å². The van der Waals surface area contributed by atoms with Crippen LogP contribution in [0.1, 0.15) is 20.7 Å². The van der Waals surface area contributed by atoms with Crippen molar-refractivity contribution in [2.24, 2.45) is 0 Å². The van der Waals surface area contributed by atoms with Gasteiger partial charge in [0.15, 0.2) is 0 Å². The number of benzene rings is 19. The van der Waals surface area contributed by atoms with Crippen LogP contribution in [0.5, 0.6) is 5.75 Å². The van der Waals surface area contributed by atoms with Crippen LogP contribution in [-0.2, 0) is 4.57 Å². The van der Waals surface area contributed by atoms with Crippen LogP contribution in [-0.4, -0.2) is 47.1 Å². The smallest absolute Gasteiger partial charge is 0.537 e. The van der Waals surface area contributed by atoms with Gasteiger partial charge in [-0.2, -0.15) is 0 Å². The second-order valence-corrected chi connectivity index (χ2v) is 42.9. The Kier molecular flexibility index (Phi) is 30.2. The van der Waals surface area contributed by atoms with Crippen molar-refractivity contribution in [1.82, 2.24) is 23.3 Å². The Balaban J connectivity index is 0.000000116. The van der Waals surface area contributed by atoms with Gasteiger partial charge in [-0.25, -0.2) is 4.98 Å². The van der Waals surface area contributed by atoms with Crippen LogP contribution < -0.4 is 21.4 Å². The molecule has 1 amide bonds. The summed E-state index contributed by atoms with van der Waals surface area (Å²) in [4.78, 5) is 28.6. The van der Waals surface area contributed by atoms with Crippen molar-refractivity contribution in [3.05, 3.63) is 484 Å². The molecule has 683 valence electrons. The molecule has 6 N–H and O–H groups in total. The highest BCUT2D eigenvalue weighted by Gasteiger charge is 2.22. The lowest BCUT2D eigenvalue weighted by Gasteiger charge is -2.12. The number of carbonyl (C=O) groups is 2. The number of hydrogen-bond acceptors (Lipinski definition) is 8. The summed E-state index contributed by atoms with van der Waals surface area (Å²) in [6, 6.07) is 154. The Morgan fingerprint density at radius 3 is 1.10 bits per heavy atom. The lowest BCUT2D eigenvalue weighted by Crippen LogP contribution is -2.12. The van der Waals surface area contributed by atoms with Crippen LogP contribution in [0, 0.1) is 0 Å². The molecular formula is C117H81BBr4Cl4N8O5P. The Morgan fingerprint density at radius 2 is 0.664 bits per heavy atom. The molecule has 24 aromatic rings. The maximum Gasteiger partial charge on any atom is 0.569 e. The van der Waals surface area contributed by atoms with Gasteiger partial charge >= 0.3 is 12.9 Å². The van der Waals surface area contributed by atoms with E-state index in [0.29, 0.717) is 24.6 Å². The molecule has 1 radical (unpaired) electrons. The Morgan fingerprint density at radius 1 is 0.321 bits per heavy atom. The monoisotopic (exact) mass is 2180 g/mol. The Bertz CT molecular complexity index is 8680. The average molecular weight is 2180 g/mol. The van der Waals surface area contributed by atoms with E-state index in [1.54, 1.807) is 24.3 Å². The summed E-state index contributed by atoms with van der Waals surface area (Å²) < 4.78 is 27.7. The van der Waals surface area contributed by atoms with Gasteiger partial charge in [-0.05, 0) is 296 Å². The minimum absolute atomic E-state index is 0.133. The van der Waals surface area contributed by atoms with Gasteiger partial charge in [0.05, 0.1) is 55.3 Å². The highest BCUT2D eigenvalue weighted by atomic mass is 79.9. The maximum absolute atomic E-state index is 12.9. The van der Waals surface area contributed by atoms with Gasteiger partial charge in [-0.3, -0.25) is 14.2 Å². The molecule has 0 aliphatic carbocycles. The standard InChI is InChI=1S/C31H21BrN2O.C31H19BrN2.C24H18N2.C18H13BNO2.C7H4BrClO.C6H6BrN.Cl3OP/c32-23-17-14-21(15-18-23)31(35)33-28-12-6-4-10-25(28)22-16-19-30-27(20-22)26-11-5-7-13-29(26)34(30)24-8-2-1-3-9-24;32-21-16-14-20(15-17-21)31-27-19-30-26(18-25(27)23-10-4-6-12-28(23)33-31)24-11-5-7-13-29(24)34(30)22-8-2-1-3-9-22;25-22-12-6-4-10-19(22)17-14-15-24-21(16-17)20-11-5-7-13-23(20)26(24)18-8-2-1-3-9-18;21-19-22-14-10-11-18-16(12-14)15-8-4-5-9-17(15)20(18)13-6-2-1-3-7-13;8-6-3-1-5(2-4-6)7(9)10;7-5-3-1-2-4-6(5)8;1-5(2,3)4/h1-20H,(H,33,35);1-19H;1-16H,25H2;1-12,21H;1-4H;1-4H,8H2;. The summed E-state index contributed by atoms with van der Waals surface area (Å²) >= 11 is 32.6. The number of pyridine rings is 1. The summed E-state index contributed by atoms with van der Waals surface area (Å²) in [6.07, 6.45) is 0. The number of nitrogen functional groups attached to an aromatic ring is 2. The van der Waals surface area contributed by atoms with Crippen LogP contribution in [0.15, 0.2) is 473 Å². The van der Waals surface area contributed by atoms with Crippen molar-refractivity contribution >= 4 is 259 Å². The van der Waals surface area contributed by atoms with E-state index in [-0.39, 0.29) is 5.91 Å². The molecule has 24 rings (SSSR count). The number of fused-ring (bicyclic) bond motifs is 15. The third kappa shape index (κ3) is 21.7. The Labute approximate surface area is 861 Å². The number of nitrogens with two attached hydrogens (primary N) is 2. The van der Waals surface area contributed by atoms with Gasteiger partial charge in [0.1, 0.15) is 5.75 Å². The van der Waals surface area contributed by atoms with Gasteiger partial charge in [0.25, 0.3) is 11.1 Å². The minimum atomic E-state index is -3.22. The predicted octanol–water partition coefficient (Wildman–Crippen LogP) is 34.8. The normalized spacial score (nSPS) is 11.0. The summed E-state index contributed by atoms with van der Waals surface area (Å²) in [5.41, 5.74) is 36.6. The van der Waals surface area contributed by atoms with Crippen molar-refractivity contribution in [3.63, 3.8) is 0 Å². The van der Waals surface area contributed by atoms with Gasteiger partial charge in [0, 0.05) is 139 Å². The van der Waals surface area contributed by atoms with Crippen molar-refractivity contribution in [2.75, 3.05) is 16.8 Å². The van der Waals surface area contributed by atoms with Crippen molar-refractivity contribution in [3.8, 4) is 62.0 Å². The topological polar surface area (TPSA) is 177 Å². The van der Waals surface area contributed by atoms with E-state index in [4.69, 9.17) is 37.7 Å². The highest BCUT2D eigenvalue weighted by molar-refractivity contribution is 9.11. The highest BCUT2D eigenvalue weighted by Crippen LogP contribution is 2.61. The number of aromatic nitrogens is 5. The zero-order valence-corrected chi connectivity index (χ0v) is 84.6. The quantitative estimate of drug-likeness (QED) is 0.0307. The lowest BCUT2D eigenvalue weighted by atomic mass is 9.98. The summed E-state index contributed by atoms with van der Waals surface area (Å²) in [7, 11) is 0.706. The number of halogens is 8. The van der Waals surface area contributed by atoms with Gasteiger partial charge in [0.2, 0.25) is 0 Å². The first-order valence-corrected chi connectivity index (χ1v) is 52.3. The molecular weight excluding hydrogens is 2100 g/mol. The third-order valence-electron chi connectivity index (χ3n) is 23.7. The van der Waals surface area contributed by atoms with E-state index in [1.807, 2.05) is 146 Å². The molecule has 0 aliphatic heterocycles. The van der Waals surface area contributed by atoms with Crippen LogP contribution in [0.3, 0.4) is 0 Å². The maximum atomic E-state index is 12.9. The zero-order chi connectivity index (χ0) is 96.9. The first-order chi connectivity index (χ1) is 68.2. The van der Waals surface area contributed by atoms with Crippen LogP contribution in [0.25, 0.3) is 165 Å². The number of anilines is 3. The molecule has 13 nitrogen and oxygen atoms in total. The Hall–Kier alpha value is -14.1. The zero-order valence-electron chi connectivity index (χ0n) is 74.3. The summed E-state index contributed by atoms with van der Waals surface area (Å²) in [6.45, 7) is 0. The number of carbonyl (C=O) groups excluding carboxylic acids is 2. The SMILES string of the molecule is Brc1ccc(-c2nc3ccccc3c3cc4c5ccccc5n(-c5ccccc5)c4cc23)cc1.Nc1ccccc1-c1ccc2c(c1)c1ccccc1n2-c1ccccc1.Nc1ccccc1Br.O=C(Cl)c1ccc(Br)cc1.O=C(Nc1ccccc1-c1ccc2c(c1)c1ccccc1n2-c1ccccc1)c1ccc(Br)cc1.O=P(Cl)(Cl)Cl.O[B]Oc1ccc2c(c1)c1ccccc1n2-c1ccccc1. The van der Waals surface area contributed by atoms with Crippen molar-refractivity contribution < 1.29 is 23.8 Å². The summed E-state index contributed by atoms with van der Waals surface area (Å²) in [5, 5.41) is 21.5. The van der Waals surface area contributed by atoms with Gasteiger partial charge in [-0.15, -0.1) is 0 Å². The molecule has 5 heterocycles. The fourth-order valence-corrected chi connectivity index (χ4v) is 18.7. The van der Waals surface area contributed by atoms with E-state index >= 15 is 0 Å². The van der Waals surface area contributed by atoms with Gasteiger partial charge in [-0.1, -0.05) is 284 Å². The minimum Gasteiger partial charge on any atom is -0.537 e. The van der Waals surface area contributed by atoms with E-state index in [2.05, 4.69) is 406 Å². The molecule has 0 atom stereocenters. The van der Waals surface area contributed by atoms with Crippen LogP contribution in [0.2, 0.25) is 0 Å². The molecule has 0 unspecified atom stereocenters. The largest absolute Gasteiger partial charge is 0.569 e. The van der Waals surface area contributed by atoms with Crippen LogP contribution >= 0.6 is 114 Å². The molecule has 19 aromatic carbocycles. The molecule has 140 heavy (non-hydrogen) atoms. The first-order valence-electron chi connectivity index (χ1n) is 44.3. The fraction of sp³-hybridized carbons (Fsp3) is 0. The fourth-order valence-electron chi connectivity index (χ4n) is 17.5. The average Bonchev–Trinajstić information content (AvgIpc) is 1.53. The lowest BCUT2D eigenvalue weighted by molar-refractivity contribution is 0.102. The molecule has 0 saturated carbocycles. The molecule has 0 fully saturated rings. The van der Waals surface area contributed by atoms with Crippen molar-refractivity contribution in [1.29, 1.82) is 0 Å². The molecule has 23 heteroatoms. The first kappa shape index (κ1) is 96.2. The predicted molar refractivity (Wildman–Crippen MR) is 603 cm³/mol. The van der Waals surface area contributed by atoms with E-state index < -0.39 is 10.4 Å². The molecule has 0 bridgehead atoms. The molecule has 0 spiro atoms. The molecule has 5 aromatic heterocycles. The third-order valence-corrected chi connectivity index (χ3v) is 26.2. The second-order valence-electron chi connectivity index (χ2n) is 32.3.